The normalized spacial score (nSPS) is 17.7. The number of amides is 1. The quantitative estimate of drug-likeness (QED) is 0.940. The highest BCUT2D eigenvalue weighted by atomic mass is 32.1. The van der Waals surface area contributed by atoms with E-state index < -0.39 is 0 Å². The van der Waals surface area contributed by atoms with E-state index in [0.29, 0.717) is 23.6 Å². The van der Waals surface area contributed by atoms with Gasteiger partial charge in [-0.3, -0.25) is 4.79 Å². The fraction of sp³-hybridized carbons (Fsp3) is 0.312. The molecule has 1 aliphatic heterocycles. The molecule has 21 heavy (non-hydrogen) atoms. The van der Waals surface area contributed by atoms with Gasteiger partial charge in [-0.25, -0.2) is 0 Å². The summed E-state index contributed by atoms with van der Waals surface area (Å²) in [5.74, 6) is 0.585. The van der Waals surface area contributed by atoms with Gasteiger partial charge in [0.05, 0.1) is 24.5 Å². The van der Waals surface area contributed by atoms with Gasteiger partial charge in [0.25, 0.3) is 5.91 Å². The molecule has 1 N–H and O–H groups in total. The number of benzene rings is 1. The number of carbonyl (C=O) groups excluding carboxylic acids is 1. The molecule has 1 amide bonds. The predicted molar refractivity (Wildman–Crippen MR) is 83.3 cm³/mol. The number of hydrogen-bond acceptors (Lipinski definition) is 4. The van der Waals surface area contributed by atoms with Crippen LogP contribution in [-0.4, -0.2) is 25.2 Å². The summed E-state index contributed by atoms with van der Waals surface area (Å²) in [5.41, 5.74) is 2.39. The van der Waals surface area contributed by atoms with Crippen molar-refractivity contribution in [2.24, 2.45) is 0 Å². The molecule has 1 atom stereocenters. The maximum atomic E-state index is 12.3. The van der Waals surface area contributed by atoms with Crippen LogP contribution in [0, 0.1) is 6.92 Å². The fourth-order valence-corrected chi connectivity index (χ4v) is 3.07. The second-order valence-corrected chi connectivity index (χ2v) is 5.77. The van der Waals surface area contributed by atoms with Crippen LogP contribution in [0.4, 0.5) is 5.69 Å². The number of ether oxygens (including phenoxy) is 2. The third-order valence-electron chi connectivity index (χ3n) is 3.42. The number of anilines is 1. The Morgan fingerprint density at radius 2 is 2.24 bits per heavy atom. The van der Waals surface area contributed by atoms with Gasteiger partial charge in [0.1, 0.15) is 11.9 Å². The molecule has 5 heteroatoms. The minimum Gasteiger partial charge on any atom is -0.486 e. The van der Waals surface area contributed by atoms with Crippen LogP contribution in [0.2, 0.25) is 0 Å². The van der Waals surface area contributed by atoms with Gasteiger partial charge >= 0.3 is 0 Å². The van der Waals surface area contributed by atoms with Gasteiger partial charge in [0.15, 0.2) is 0 Å². The minimum atomic E-state index is -0.104. The van der Waals surface area contributed by atoms with Crippen LogP contribution in [0.3, 0.4) is 0 Å². The molecule has 2 heterocycles. The number of nitrogens with one attached hydrogen (secondary N) is 1. The Bertz CT molecular complexity index is 632. The smallest absolute Gasteiger partial charge is 0.256 e. The average Bonchev–Trinajstić information content (AvgIpc) is 3.12. The summed E-state index contributed by atoms with van der Waals surface area (Å²) in [5, 5.41) is 6.76. The summed E-state index contributed by atoms with van der Waals surface area (Å²) < 4.78 is 11.2. The van der Waals surface area contributed by atoms with Crippen molar-refractivity contribution in [2.45, 2.75) is 19.4 Å². The van der Waals surface area contributed by atoms with E-state index >= 15 is 0 Å². The molecule has 1 aromatic carbocycles. The second-order valence-electron chi connectivity index (χ2n) is 5.02. The van der Waals surface area contributed by atoms with E-state index in [0.717, 1.165) is 18.6 Å². The van der Waals surface area contributed by atoms with Crippen LogP contribution in [0.5, 0.6) is 5.75 Å². The lowest BCUT2D eigenvalue weighted by molar-refractivity contribution is 0.102. The first-order valence-corrected chi connectivity index (χ1v) is 7.86. The Morgan fingerprint density at radius 1 is 1.38 bits per heavy atom. The topological polar surface area (TPSA) is 47.6 Å². The van der Waals surface area contributed by atoms with E-state index in [-0.39, 0.29) is 12.0 Å². The molecule has 1 fully saturated rings. The van der Waals surface area contributed by atoms with Crippen molar-refractivity contribution in [1.82, 2.24) is 0 Å². The van der Waals surface area contributed by atoms with Crippen molar-refractivity contribution >= 4 is 22.9 Å². The maximum Gasteiger partial charge on any atom is 0.256 e. The van der Waals surface area contributed by atoms with Gasteiger partial charge in [-0.05, 0) is 30.0 Å². The highest BCUT2D eigenvalue weighted by Gasteiger charge is 2.19. The maximum absolute atomic E-state index is 12.3. The summed E-state index contributed by atoms with van der Waals surface area (Å²) in [6.07, 6.45) is 0.942. The molecular weight excluding hydrogens is 286 g/mol. The Labute approximate surface area is 127 Å². The molecule has 1 saturated heterocycles. The lowest BCUT2D eigenvalue weighted by Crippen LogP contribution is -2.18. The van der Waals surface area contributed by atoms with E-state index in [1.54, 1.807) is 0 Å². The van der Waals surface area contributed by atoms with Gasteiger partial charge in [0, 0.05) is 11.8 Å². The largest absolute Gasteiger partial charge is 0.486 e. The first-order chi connectivity index (χ1) is 10.2. The minimum absolute atomic E-state index is 0.0611. The Morgan fingerprint density at radius 3 is 2.95 bits per heavy atom. The van der Waals surface area contributed by atoms with Crippen LogP contribution in [0.1, 0.15) is 22.3 Å². The fourth-order valence-electron chi connectivity index (χ4n) is 2.24. The van der Waals surface area contributed by atoms with Crippen LogP contribution in [0.25, 0.3) is 0 Å². The molecule has 110 valence electrons. The van der Waals surface area contributed by atoms with Gasteiger partial charge in [-0.1, -0.05) is 12.1 Å². The lowest BCUT2D eigenvalue weighted by atomic mass is 10.2. The van der Waals surface area contributed by atoms with E-state index in [2.05, 4.69) is 5.32 Å². The van der Waals surface area contributed by atoms with Crippen LogP contribution >= 0.6 is 11.3 Å². The van der Waals surface area contributed by atoms with Crippen molar-refractivity contribution in [3.63, 3.8) is 0 Å². The molecular formula is C16H17NO3S. The number of thiophene rings is 1. The van der Waals surface area contributed by atoms with E-state index in [9.17, 15) is 4.79 Å². The van der Waals surface area contributed by atoms with E-state index in [1.165, 1.54) is 11.3 Å². The van der Waals surface area contributed by atoms with Crippen molar-refractivity contribution in [3.8, 4) is 5.75 Å². The predicted octanol–water partition coefficient (Wildman–Crippen LogP) is 3.48. The lowest BCUT2D eigenvalue weighted by Gasteiger charge is -2.16. The Balaban J connectivity index is 1.75. The van der Waals surface area contributed by atoms with Crippen molar-refractivity contribution in [2.75, 3.05) is 18.5 Å². The number of carbonyl (C=O) groups is 1. The average molecular weight is 303 g/mol. The zero-order chi connectivity index (χ0) is 14.7. The first-order valence-electron chi connectivity index (χ1n) is 6.91. The molecule has 2 aromatic rings. The SMILES string of the molecule is Cc1cscc1C(=O)Nc1ccccc1O[C@@H]1CCOC1. The van der Waals surface area contributed by atoms with Crippen molar-refractivity contribution in [1.29, 1.82) is 0 Å². The Hall–Kier alpha value is -1.85. The molecule has 1 aliphatic rings. The third kappa shape index (κ3) is 3.25. The summed E-state index contributed by atoms with van der Waals surface area (Å²) >= 11 is 1.53. The van der Waals surface area contributed by atoms with Crippen molar-refractivity contribution in [3.05, 3.63) is 46.2 Å². The molecule has 1 aromatic heterocycles. The number of aryl methyl sites for hydroxylation is 1. The van der Waals surface area contributed by atoms with Gasteiger partial charge < -0.3 is 14.8 Å². The van der Waals surface area contributed by atoms with Gasteiger partial charge in [-0.15, -0.1) is 0 Å². The zero-order valence-corrected chi connectivity index (χ0v) is 12.6. The molecule has 0 saturated carbocycles. The molecule has 0 bridgehead atoms. The van der Waals surface area contributed by atoms with Gasteiger partial charge in [-0.2, -0.15) is 11.3 Å². The first kappa shape index (κ1) is 14.1. The van der Waals surface area contributed by atoms with Crippen LogP contribution < -0.4 is 10.1 Å². The summed E-state index contributed by atoms with van der Waals surface area (Å²) in [6, 6.07) is 7.50. The van der Waals surface area contributed by atoms with Crippen LogP contribution in [-0.2, 0) is 4.74 Å². The highest BCUT2D eigenvalue weighted by Crippen LogP contribution is 2.27. The summed E-state index contributed by atoms with van der Waals surface area (Å²) in [4.78, 5) is 12.3. The molecule has 3 rings (SSSR count). The van der Waals surface area contributed by atoms with Crippen molar-refractivity contribution < 1.29 is 14.3 Å². The molecule has 0 radical (unpaired) electrons. The number of hydrogen-bond donors (Lipinski definition) is 1. The third-order valence-corrected chi connectivity index (χ3v) is 4.28. The summed E-state index contributed by atoms with van der Waals surface area (Å²) in [6.45, 7) is 3.27. The highest BCUT2D eigenvalue weighted by molar-refractivity contribution is 7.08. The number of rotatable bonds is 4. The van der Waals surface area contributed by atoms with E-state index in [1.807, 2.05) is 41.9 Å². The second kappa shape index (κ2) is 6.28. The zero-order valence-electron chi connectivity index (χ0n) is 11.8. The summed E-state index contributed by atoms with van der Waals surface area (Å²) in [7, 11) is 0. The van der Waals surface area contributed by atoms with Crippen LogP contribution in [0.15, 0.2) is 35.0 Å². The van der Waals surface area contributed by atoms with E-state index in [4.69, 9.17) is 9.47 Å². The molecule has 0 aliphatic carbocycles. The number of para-hydroxylation sites is 2. The molecule has 0 spiro atoms. The monoisotopic (exact) mass is 303 g/mol. The molecule has 4 nitrogen and oxygen atoms in total. The standard InChI is InChI=1S/C16H17NO3S/c1-11-9-21-10-13(11)16(18)17-14-4-2-3-5-15(14)20-12-6-7-19-8-12/h2-5,9-10,12H,6-8H2,1H3,(H,17,18)/t12-/m1/s1. The van der Waals surface area contributed by atoms with Gasteiger partial charge in [0.2, 0.25) is 0 Å². The Kier molecular flexibility index (Phi) is 4.22. The molecule has 0 unspecified atom stereocenters.